The van der Waals surface area contributed by atoms with Gasteiger partial charge in [-0.15, -0.1) is 0 Å². The number of ether oxygens (including phenoxy) is 2. The predicted molar refractivity (Wildman–Crippen MR) is 204 cm³/mol. The number of rotatable bonds is 36. The topological polar surface area (TPSA) is 41.9 Å². The van der Waals surface area contributed by atoms with Crippen LogP contribution in [0.2, 0.25) is 0 Å². The van der Waals surface area contributed by atoms with Gasteiger partial charge in [-0.1, -0.05) is 140 Å². The van der Waals surface area contributed by atoms with Gasteiger partial charge in [0.05, 0.1) is 25.4 Å². The Bertz CT molecular complexity index is 660. The maximum Gasteiger partial charge on any atom is 0.0907 e. The van der Waals surface area contributed by atoms with Gasteiger partial charge in [-0.05, 0) is 91.1 Å². The fraction of sp³-hybridized carbons (Fsp3) is 0.810. The molecule has 0 aromatic carbocycles. The number of unbranched alkanes of at least 4 members (excludes halogenated alkanes) is 18. The molecule has 0 radical (unpaired) electrons. The molecule has 0 aliphatic rings. The van der Waals surface area contributed by atoms with E-state index in [1.807, 2.05) is 14.1 Å². The SMILES string of the molecule is CCCCCC=CCC=CCCCCCCCCOCC(CO)(COCCCCCCCCC=CCC=CCCCCC)N(C)C. The molecule has 0 fully saturated rings. The van der Waals surface area contributed by atoms with E-state index < -0.39 is 5.54 Å². The van der Waals surface area contributed by atoms with Crippen LogP contribution in [0.5, 0.6) is 0 Å². The number of nitrogens with zero attached hydrogens (tertiary/aromatic N) is 1. The minimum atomic E-state index is -0.462. The van der Waals surface area contributed by atoms with Crippen molar-refractivity contribution in [2.75, 3.05) is 47.1 Å². The van der Waals surface area contributed by atoms with Crippen LogP contribution in [0, 0.1) is 0 Å². The third-order valence-electron chi connectivity index (χ3n) is 8.96. The molecular formula is C42H79NO3. The van der Waals surface area contributed by atoms with Gasteiger partial charge in [0.25, 0.3) is 0 Å². The first kappa shape index (κ1) is 44.8. The minimum absolute atomic E-state index is 0.0490. The van der Waals surface area contributed by atoms with Crippen molar-refractivity contribution in [1.82, 2.24) is 4.90 Å². The van der Waals surface area contributed by atoms with E-state index in [0.29, 0.717) is 13.2 Å². The molecule has 0 unspecified atom stereocenters. The van der Waals surface area contributed by atoms with Gasteiger partial charge in [0.2, 0.25) is 0 Å². The van der Waals surface area contributed by atoms with Crippen molar-refractivity contribution in [2.24, 2.45) is 0 Å². The normalized spacial score (nSPS) is 13.9. The first-order valence-electron chi connectivity index (χ1n) is 19.7. The lowest BCUT2D eigenvalue weighted by Gasteiger charge is -2.37. The van der Waals surface area contributed by atoms with Gasteiger partial charge in [-0.25, -0.2) is 0 Å². The van der Waals surface area contributed by atoms with Crippen molar-refractivity contribution in [3.8, 4) is 0 Å². The lowest BCUT2D eigenvalue weighted by atomic mass is 10.0. The Morgan fingerprint density at radius 1 is 0.457 bits per heavy atom. The summed E-state index contributed by atoms with van der Waals surface area (Å²) in [7, 11) is 4.04. The van der Waals surface area contributed by atoms with E-state index in [1.165, 1.54) is 128 Å². The summed E-state index contributed by atoms with van der Waals surface area (Å²) in [4.78, 5) is 2.07. The Morgan fingerprint density at radius 2 is 0.783 bits per heavy atom. The van der Waals surface area contributed by atoms with Crippen molar-refractivity contribution in [3.63, 3.8) is 0 Å². The summed E-state index contributed by atoms with van der Waals surface area (Å²) in [6.45, 7) is 7.11. The molecule has 0 saturated heterocycles. The Kier molecular flexibility index (Phi) is 35.7. The van der Waals surface area contributed by atoms with Crippen LogP contribution in [-0.4, -0.2) is 62.7 Å². The Balaban J connectivity index is 3.72. The van der Waals surface area contributed by atoms with Crippen LogP contribution in [0.3, 0.4) is 0 Å². The minimum Gasteiger partial charge on any atom is -0.394 e. The molecule has 0 amide bonds. The fourth-order valence-corrected chi connectivity index (χ4v) is 5.44. The van der Waals surface area contributed by atoms with Crippen LogP contribution < -0.4 is 0 Å². The molecule has 270 valence electrons. The number of aliphatic hydroxyl groups excluding tert-OH is 1. The van der Waals surface area contributed by atoms with Crippen molar-refractivity contribution >= 4 is 0 Å². The maximum atomic E-state index is 10.2. The molecule has 0 aliphatic carbocycles. The molecule has 0 aliphatic heterocycles. The van der Waals surface area contributed by atoms with E-state index in [1.54, 1.807) is 0 Å². The standard InChI is InChI=1S/C42H79NO3/c1-5-7-9-11-13-15-17-19-21-23-25-27-29-31-33-35-37-45-40-42(39-44,43(3)4)41-46-38-36-34-32-30-28-26-24-22-20-18-16-14-12-10-8-6-2/h13-16,19-22,44H,5-12,17-18,23-41H2,1-4H3. The van der Waals surface area contributed by atoms with Crippen molar-refractivity contribution in [3.05, 3.63) is 48.6 Å². The molecule has 0 aromatic heterocycles. The van der Waals surface area contributed by atoms with Crippen LogP contribution in [0.15, 0.2) is 48.6 Å². The zero-order chi connectivity index (χ0) is 33.7. The monoisotopic (exact) mass is 646 g/mol. The number of allylic oxidation sites excluding steroid dienone is 8. The van der Waals surface area contributed by atoms with Gasteiger partial charge in [0.15, 0.2) is 0 Å². The molecule has 0 aromatic rings. The second kappa shape index (κ2) is 36.6. The Labute approximate surface area is 288 Å². The first-order valence-corrected chi connectivity index (χ1v) is 19.7. The van der Waals surface area contributed by atoms with E-state index >= 15 is 0 Å². The molecule has 0 rings (SSSR count). The Hall–Kier alpha value is -1.20. The van der Waals surface area contributed by atoms with Gasteiger partial charge in [-0.2, -0.15) is 0 Å². The van der Waals surface area contributed by atoms with Gasteiger partial charge in [0, 0.05) is 13.2 Å². The van der Waals surface area contributed by atoms with Crippen molar-refractivity contribution < 1.29 is 14.6 Å². The van der Waals surface area contributed by atoms with Gasteiger partial charge < -0.3 is 14.6 Å². The zero-order valence-electron chi connectivity index (χ0n) is 31.3. The molecule has 0 spiro atoms. The zero-order valence-corrected chi connectivity index (χ0v) is 31.3. The van der Waals surface area contributed by atoms with Gasteiger partial charge in [0.1, 0.15) is 0 Å². The van der Waals surface area contributed by atoms with Gasteiger partial charge >= 0.3 is 0 Å². The number of aliphatic hydroxyl groups is 1. The molecule has 0 bridgehead atoms. The van der Waals surface area contributed by atoms with Crippen LogP contribution in [0.4, 0.5) is 0 Å². The number of hydrogen-bond donors (Lipinski definition) is 1. The molecule has 1 N–H and O–H groups in total. The third-order valence-corrected chi connectivity index (χ3v) is 8.96. The van der Waals surface area contributed by atoms with Crippen LogP contribution >= 0.6 is 0 Å². The summed E-state index contributed by atoms with van der Waals surface area (Å²) in [5.74, 6) is 0. The molecule has 4 nitrogen and oxygen atoms in total. The number of likely N-dealkylation sites (N-methyl/N-ethyl adjacent to an activating group) is 1. The van der Waals surface area contributed by atoms with Crippen LogP contribution in [-0.2, 0) is 9.47 Å². The second-order valence-corrected chi connectivity index (χ2v) is 13.6. The highest BCUT2D eigenvalue weighted by Gasteiger charge is 2.33. The predicted octanol–water partition coefficient (Wildman–Crippen LogP) is 11.9. The maximum absolute atomic E-state index is 10.2. The second-order valence-electron chi connectivity index (χ2n) is 13.6. The lowest BCUT2D eigenvalue weighted by molar-refractivity contribution is -0.0684. The van der Waals surface area contributed by atoms with Crippen LogP contribution in [0.1, 0.15) is 168 Å². The average Bonchev–Trinajstić information content (AvgIpc) is 3.06. The van der Waals surface area contributed by atoms with E-state index in [0.717, 1.165) is 38.9 Å². The highest BCUT2D eigenvalue weighted by molar-refractivity contribution is 4.93. The largest absolute Gasteiger partial charge is 0.394 e. The highest BCUT2D eigenvalue weighted by Crippen LogP contribution is 2.16. The summed E-state index contributed by atoms with van der Waals surface area (Å²) in [6, 6.07) is 0. The van der Waals surface area contributed by atoms with E-state index in [2.05, 4.69) is 67.4 Å². The Morgan fingerprint density at radius 3 is 1.11 bits per heavy atom. The molecule has 46 heavy (non-hydrogen) atoms. The summed E-state index contributed by atoms with van der Waals surface area (Å²) >= 11 is 0. The van der Waals surface area contributed by atoms with E-state index in [-0.39, 0.29) is 6.61 Å². The molecule has 0 heterocycles. The first-order chi connectivity index (χ1) is 22.6. The number of hydrogen-bond acceptors (Lipinski definition) is 4. The smallest absolute Gasteiger partial charge is 0.0907 e. The summed E-state index contributed by atoms with van der Waals surface area (Å²) in [5, 5.41) is 10.2. The van der Waals surface area contributed by atoms with Crippen molar-refractivity contribution in [2.45, 2.75) is 173 Å². The lowest BCUT2D eigenvalue weighted by Crippen LogP contribution is -2.55. The van der Waals surface area contributed by atoms with Crippen molar-refractivity contribution in [1.29, 1.82) is 0 Å². The van der Waals surface area contributed by atoms with E-state index in [4.69, 9.17) is 9.47 Å². The quantitative estimate of drug-likeness (QED) is 0.0544. The summed E-state index contributed by atoms with van der Waals surface area (Å²) in [6.07, 6.45) is 48.7. The van der Waals surface area contributed by atoms with Gasteiger partial charge in [-0.3, -0.25) is 4.90 Å². The molecule has 0 saturated carbocycles. The average molecular weight is 646 g/mol. The molecular weight excluding hydrogens is 566 g/mol. The fourth-order valence-electron chi connectivity index (χ4n) is 5.44. The highest BCUT2D eigenvalue weighted by atomic mass is 16.5. The summed E-state index contributed by atoms with van der Waals surface area (Å²) in [5.41, 5.74) is -0.462. The van der Waals surface area contributed by atoms with E-state index in [9.17, 15) is 5.11 Å². The van der Waals surface area contributed by atoms with Crippen LogP contribution in [0.25, 0.3) is 0 Å². The third kappa shape index (κ3) is 30.2. The molecule has 0 atom stereocenters. The molecule has 4 heteroatoms. The summed E-state index contributed by atoms with van der Waals surface area (Å²) < 4.78 is 12.1.